The standard InChI is InChI=1S/C6H15O5PS/c1-4-6(5-2,13(8)9)11-12(7)10-3/h12-13H,4-5H2,1-3H3. The Bertz CT molecular complexity index is 237. The maximum atomic E-state index is 10.9. The molecule has 0 fully saturated rings. The first-order valence-electron chi connectivity index (χ1n) is 3.93. The third kappa shape index (κ3) is 3.38. The van der Waals surface area contributed by atoms with Gasteiger partial charge in [0.05, 0.1) is 0 Å². The summed E-state index contributed by atoms with van der Waals surface area (Å²) in [6.07, 6.45) is 0.532. The van der Waals surface area contributed by atoms with Crippen LogP contribution < -0.4 is 0 Å². The molecule has 1 unspecified atom stereocenters. The molecule has 0 aromatic heterocycles. The maximum Gasteiger partial charge on any atom is 0.320 e. The van der Waals surface area contributed by atoms with E-state index >= 15 is 0 Å². The smallest absolute Gasteiger partial charge is 0.314 e. The van der Waals surface area contributed by atoms with Crippen LogP contribution in [0.4, 0.5) is 0 Å². The van der Waals surface area contributed by atoms with Crippen molar-refractivity contribution in [2.24, 2.45) is 0 Å². The van der Waals surface area contributed by atoms with Gasteiger partial charge in [-0.25, -0.2) is 8.42 Å². The fraction of sp³-hybridized carbons (Fsp3) is 1.00. The minimum Gasteiger partial charge on any atom is -0.314 e. The van der Waals surface area contributed by atoms with Crippen LogP contribution in [-0.4, -0.2) is 20.5 Å². The van der Waals surface area contributed by atoms with Gasteiger partial charge >= 0.3 is 8.25 Å². The second kappa shape index (κ2) is 5.75. The van der Waals surface area contributed by atoms with E-state index in [1.807, 2.05) is 0 Å². The summed E-state index contributed by atoms with van der Waals surface area (Å²) in [7, 11) is -4.23. The molecule has 80 valence electrons. The Morgan fingerprint density at radius 3 is 2.00 bits per heavy atom. The Kier molecular flexibility index (Phi) is 5.80. The first kappa shape index (κ1) is 13.1. The van der Waals surface area contributed by atoms with Gasteiger partial charge in [-0.1, -0.05) is 13.8 Å². The lowest BCUT2D eigenvalue weighted by Crippen LogP contribution is -2.30. The van der Waals surface area contributed by atoms with Crippen molar-refractivity contribution in [3.8, 4) is 0 Å². The predicted molar refractivity (Wildman–Crippen MR) is 50.7 cm³/mol. The van der Waals surface area contributed by atoms with Crippen LogP contribution in [0, 0.1) is 0 Å². The largest absolute Gasteiger partial charge is 0.320 e. The van der Waals surface area contributed by atoms with Gasteiger partial charge in [-0.05, 0) is 12.8 Å². The molecule has 0 amide bonds. The summed E-state index contributed by atoms with van der Waals surface area (Å²) in [4.78, 5) is -1.33. The molecule has 0 N–H and O–H groups in total. The Labute approximate surface area is 80.3 Å². The summed E-state index contributed by atoms with van der Waals surface area (Å²) in [5, 5.41) is 0. The van der Waals surface area contributed by atoms with Crippen LogP contribution in [-0.2, 0) is 24.3 Å². The minimum atomic E-state index is -2.76. The van der Waals surface area contributed by atoms with E-state index in [9.17, 15) is 13.0 Å². The summed E-state index contributed by atoms with van der Waals surface area (Å²) >= 11 is 0. The lowest BCUT2D eigenvalue weighted by atomic mass is 10.2. The predicted octanol–water partition coefficient (Wildman–Crippen LogP) is 1.17. The second-order valence-electron chi connectivity index (χ2n) is 2.47. The zero-order valence-electron chi connectivity index (χ0n) is 7.90. The van der Waals surface area contributed by atoms with Crippen LogP contribution in [0.25, 0.3) is 0 Å². The van der Waals surface area contributed by atoms with Gasteiger partial charge in [-0.3, -0.25) is 9.09 Å². The van der Waals surface area contributed by atoms with Gasteiger partial charge in [0.1, 0.15) is 0 Å². The van der Waals surface area contributed by atoms with Crippen molar-refractivity contribution >= 4 is 19.0 Å². The number of hydrogen-bond acceptors (Lipinski definition) is 5. The molecule has 0 saturated heterocycles. The summed E-state index contributed by atoms with van der Waals surface area (Å²) in [5.74, 6) is 0. The highest BCUT2D eigenvalue weighted by Gasteiger charge is 2.33. The molecule has 0 rings (SSSR count). The lowest BCUT2D eigenvalue weighted by Gasteiger charge is -2.23. The van der Waals surface area contributed by atoms with Crippen LogP contribution in [0.15, 0.2) is 0 Å². The molecule has 0 heterocycles. The summed E-state index contributed by atoms with van der Waals surface area (Å²) in [5.41, 5.74) is 0. The van der Waals surface area contributed by atoms with E-state index in [1.165, 1.54) is 7.11 Å². The topological polar surface area (TPSA) is 69.7 Å². The molecule has 0 spiro atoms. The Morgan fingerprint density at radius 1 is 1.31 bits per heavy atom. The van der Waals surface area contributed by atoms with Crippen molar-refractivity contribution in [2.45, 2.75) is 31.6 Å². The van der Waals surface area contributed by atoms with Crippen LogP contribution in [0.5, 0.6) is 0 Å². The Morgan fingerprint density at radius 2 is 1.77 bits per heavy atom. The first-order chi connectivity index (χ1) is 6.02. The third-order valence-corrected chi connectivity index (χ3v) is 4.33. The fourth-order valence-corrected chi connectivity index (χ4v) is 2.61. The van der Waals surface area contributed by atoms with E-state index in [0.29, 0.717) is 0 Å². The average Bonchev–Trinajstić information content (AvgIpc) is 2.13. The van der Waals surface area contributed by atoms with Gasteiger partial charge in [-0.15, -0.1) is 0 Å². The SMILES string of the molecule is CCC(CC)(O[PH](=O)OC)[SH](=O)=O. The molecule has 13 heavy (non-hydrogen) atoms. The Balaban J connectivity index is 4.68. The van der Waals surface area contributed by atoms with Crippen molar-refractivity contribution in [2.75, 3.05) is 7.11 Å². The van der Waals surface area contributed by atoms with Crippen molar-refractivity contribution in [3.63, 3.8) is 0 Å². The summed E-state index contributed by atoms with van der Waals surface area (Å²) in [6, 6.07) is 0. The van der Waals surface area contributed by atoms with Crippen molar-refractivity contribution in [3.05, 3.63) is 0 Å². The van der Waals surface area contributed by atoms with Gasteiger partial charge in [0.2, 0.25) is 0 Å². The molecule has 0 aliphatic carbocycles. The van der Waals surface area contributed by atoms with E-state index < -0.39 is 23.9 Å². The quantitative estimate of drug-likeness (QED) is 0.548. The van der Waals surface area contributed by atoms with Crippen LogP contribution in [0.2, 0.25) is 0 Å². The van der Waals surface area contributed by atoms with Crippen molar-refractivity contribution in [1.29, 1.82) is 0 Å². The van der Waals surface area contributed by atoms with Crippen molar-refractivity contribution in [1.82, 2.24) is 0 Å². The monoisotopic (exact) mass is 230 g/mol. The number of thiol groups is 1. The van der Waals surface area contributed by atoms with E-state index in [2.05, 4.69) is 4.52 Å². The molecule has 0 aliphatic rings. The van der Waals surface area contributed by atoms with Gasteiger partial charge in [0.25, 0.3) is 0 Å². The molecule has 0 aromatic carbocycles. The highest BCUT2D eigenvalue weighted by Crippen LogP contribution is 2.35. The molecular weight excluding hydrogens is 215 g/mol. The molecule has 0 aromatic rings. The molecule has 0 aliphatic heterocycles. The molecule has 1 atom stereocenters. The second-order valence-corrected chi connectivity index (χ2v) is 4.91. The van der Waals surface area contributed by atoms with Gasteiger partial charge in [-0.2, -0.15) is 0 Å². The number of hydrogen-bond donors (Lipinski definition) is 1. The van der Waals surface area contributed by atoms with Gasteiger partial charge < -0.3 is 4.52 Å². The zero-order chi connectivity index (χ0) is 10.5. The maximum absolute atomic E-state index is 10.9. The molecule has 0 saturated carbocycles. The molecule has 7 heteroatoms. The fourth-order valence-electron chi connectivity index (χ4n) is 0.887. The minimum absolute atomic E-state index is 0.266. The molecule has 0 radical (unpaired) electrons. The normalized spacial score (nSPS) is 14.8. The highest BCUT2D eigenvalue weighted by atomic mass is 32.2. The number of rotatable bonds is 6. The van der Waals surface area contributed by atoms with E-state index in [0.717, 1.165) is 0 Å². The summed E-state index contributed by atoms with van der Waals surface area (Å²) < 4.78 is 42.0. The average molecular weight is 230 g/mol. The van der Waals surface area contributed by atoms with Crippen LogP contribution >= 0.6 is 8.25 Å². The van der Waals surface area contributed by atoms with E-state index in [4.69, 9.17) is 4.52 Å². The van der Waals surface area contributed by atoms with Gasteiger partial charge in [0, 0.05) is 7.11 Å². The molecular formula is C6H15O5PS. The molecule has 5 nitrogen and oxygen atoms in total. The third-order valence-electron chi connectivity index (χ3n) is 1.88. The van der Waals surface area contributed by atoms with Gasteiger partial charge in [0.15, 0.2) is 15.6 Å². The highest BCUT2D eigenvalue weighted by molar-refractivity contribution is 7.74. The van der Waals surface area contributed by atoms with Crippen molar-refractivity contribution < 1.29 is 22.0 Å². The molecule has 0 bridgehead atoms. The summed E-state index contributed by atoms with van der Waals surface area (Å²) in [6.45, 7) is 3.33. The van der Waals surface area contributed by atoms with E-state index in [1.54, 1.807) is 13.8 Å². The van der Waals surface area contributed by atoms with Crippen LogP contribution in [0.1, 0.15) is 26.7 Å². The van der Waals surface area contributed by atoms with E-state index in [-0.39, 0.29) is 12.8 Å². The zero-order valence-corrected chi connectivity index (χ0v) is 9.80. The lowest BCUT2D eigenvalue weighted by molar-refractivity contribution is 0.131. The Hall–Kier alpha value is 0.100. The van der Waals surface area contributed by atoms with Crippen LogP contribution in [0.3, 0.4) is 0 Å². The first-order valence-corrected chi connectivity index (χ1v) is 6.34.